The van der Waals surface area contributed by atoms with Crippen molar-refractivity contribution in [1.29, 1.82) is 0 Å². The van der Waals surface area contributed by atoms with E-state index in [1.54, 1.807) is 11.3 Å². The molecular formula is C17H22N2S. The molecule has 0 radical (unpaired) electrons. The first-order valence-corrected chi connectivity index (χ1v) is 8.28. The molecule has 0 saturated carbocycles. The van der Waals surface area contributed by atoms with E-state index in [2.05, 4.69) is 49.3 Å². The predicted molar refractivity (Wildman–Crippen MR) is 86.7 cm³/mol. The fourth-order valence-corrected chi connectivity index (χ4v) is 4.09. The lowest BCUT2D eigenvalue weighted by Gasteiger charge is -2.22. The van der Waals surface area contributed by atoms with Crippen LogP contribution in [0.2, 0.25) is 0 Å². The van der Waals surface area contributed by atoms with Gasteiger partial charge in [-0.2, -0.15) is 0 Å². The summed E-state index contributed by atoms with van der Waals surface area (Å²) >= 11 is 1.81. The summed E-state index contributed by atoms with van der Waals surface area (Å²) in [6.45, 7) is 6.43. The van der Waals surface area contributed by atoms with Crippen LogP contribution in [0, 0.1) is 13.8 Å². The zero-order valence-electron chi connectivity index (χ0n) is 12.5. The third-order valence-electron chi connectivity index (χ3n) is 4.10. The largest absolute Gasteiger partial charge is 0.377 e. The van der Waals surface area contributed by atoms with Gasteiger partial charge in [0.05, 0.1) is 16.7 Å². The van der Waals surface area contributed by atoms with Gasteiger partial charge in [-0.25, -0.2) is 4.98 Å². The van der Waals surface area contributed by atoms with Gasteiger partial charge in [0.1, 0.15) is 0 Å². The summed E-state index contributed by atoms with van der Waals surface area (Å²) < 4.78 is 0. The van der Waals surface area contributed by atoms with E-state index in [1.165, 1.54) is 47.4 Å². The van der Waals surface area contributed by atoms with Gasteiger partial charge in [-0.15, -0.1) is 11.3 Å². The van der Waals surface area contributed by atoms with Crippen molar-refractivity contribution in [3.63, 3.8) is 0 Å². The quantitative estimate of drug-likeness (QED) is 0.875. The monoisotopic (exact) mass is 286 g/mol. The summed E-state index contributed by atoms with van der Waals surface area (Å²) in [5, 5.41) is 4.86. The van der Waals surface area contributed by atoms with Crippen LogP contribution in [0.1, 0.15) is 52.5 Å². The molecule has 1 atom stereocenters. The summed E-state index contributed by atoms with van der Waals surface area (Å²) in [6, 6.07) is 7.02. The first-order chi connectivity index (χ1) is 9.65. The molecule has 0 amide bonds. The van der Waals surface area contributed by atoms with Gasteiger partial charge in [0.2, 0.25) is 0 Å². The maximum Gasteiger partial charge on any atom is 0.0900 e. The summed E-state index contributed by atoms with van der Waals surface area (Å²) in [6.07, 6.45) is 5.10. The molecule has 0 aliphatic heterocycles. The molecule has 20 heavy (non-hydrogen) atoms. The maximum atomic E-state index is 4.54. The van der Waals surface area contributed by atoms with E-state index in [0.29, 0.717) is 6.04 Å². The van der Waals surface area contributed by atoms with Crippen molar-refractivity contribution in [2.45, 2.75) is 52.5 Å². The summed E-state index contributed by atoms with van der Waals surface area (Å²) in [5.74, 6) is 0. The molecule has 1 aliphatic carbocycles. The smallest absolute Gasteiger partial charge is 0.0900 e. The third kappa shape index (κ3) is 2.59. The highest BCUT2D eigenvalue weighted by Crippen LogP contribution is 2.32. The Morgan fingerprint density at radius 2 is 2.00 bits per heavy atom. The van der Waals surface area contributed by atoms with Gasteiger partial charge in [-0.3, -0.25) is 0 Å². The molecule has 1 N–H and O–H groups in total. The Morgan fingerprint density at radius 3 is 2.75 bits per heavy atom. The second kappa shape index (κ2) is 5.57. The summed E-state index contributed by atoms with van der Waals surface area (Å²) in [7, 11) is 0. The maximum absolute atomic E-state index is 4.54. The summed E-state index contributed by atoms with van der Waals surface area (Å²) in [5.41, 5.74) is 5.55. The minimum absolute atomic E-state index is 0.328. The van der Waals surface area contributed by atoms with Gasteiger partial charge in [0.25, 0.3) is 0 Å². The molecule has 1 aliphatic rings. The number of hydrogen-bond donors (Lipinski definition) is 1. The molecule has 0 bridgehead atoms. The van der Waals surface area contributed by atoms with Crippen LogP contribution < -0.4 is 5.32 Å². The minimum atomic E-state index is 0.328. The van der Waals surface area contributed by atoms with Crippen LogP contribution in [0.4, 0.5) is 5.69 Å². The van der Waals surface area contributed by atoms with E-state index < -0.39 is 0 Å². The van der Waals surface area contributed by atoms with Gasteiger partial charge in [0.15, 0.2) is 0 Å². The van der Waals surface area contributed by atoms with Crippen molar-refractivity contribution in [2.75, 3.05) is 5.32 Å². The molecule has 0 saturated heterocycles. The average Bonchev–Trinajstić information content (AvgIpc) is 2.78. The SMILES string of the molecule is Cc1nc(C)c(C(C)Nc2cccc3c2CCCC3)s1. The predicted octanol–water partition coefficient (Wildman–Crippen LogP) is 4.81. The fraction of sp³-hybridized carbons (Fsp3) is 0.471. The molecule has 1 aromatic carbocycles. The Labute approximate surface area is 125 Å². The number of aromatic nitrogens is 1. The molecule has 2 aromatic rings. The molecule has 0 spiro atoms. The normalized spacial score (nSPS) is 15.8. The Morgan fingerprint density at radius 1 is 1.20 bits per heavy atom. The zero-order chi connectivity index (χ0) is 14.1. The lowest BCUT2D eigenvalue weighted by atomic mass is 9.90. The third-order valence-corrected chi connectivity index (χ3v) is 5.36. The number of hydrogen-bond acceptors (Lipinski definition) is 3. The molecule has 1 unspecified atom stereocenters. The molecular weight excluding hydrogens is 264 g/mol. The van der Waals surface area contributed by atoms with Gasteiger partial charge >= 0.3 is 0 Å². The Hall–Kier alpha value is -1.35. The highest BCUT2D eigenvalue weighted by Gasteiger charge is 2.17. The second-order valence-electron chi connectivity index (χ2n) is 5.70. The van der Waals surface area contributed by atoms with E-state index in [4.69, 9.17) is 0 Å². The number of nitrogens with zero attached hydrogens (tertiary/aromatic N) is 1. The van der Waals surface area contributed by atoms with Crippen molar-refractivity contribution in [3.8, 4) is 0 Å². The van der Waals surface area contributed by atoms with Crippen LogP contribution in [0.5, 0.6) is 0 Å². The van der Waals surface area contributed by atoms with Crippen molar-refractivity contribution in [3.05, 3.63) is 44.9 Å². The van der Waals surface area contributed by atoms with Crippen LogP contribution in [-0.2, 0) is 12.8 Å². The lowest BCUT2D eigenvalue weighted by molar-refractivity contribution is 0.685. The van der Waals surface area contributed by atoms with Gasteiger partial charge in [-0.1, -0.05) is 12.1 Å². The van der Waals surface area contributed by atoms with Crippen molar-refractivity contribution in [1.82, 2.24) is 4.98 Å². The van der Waals surface area contributed by atoms with E-state index >= 15 is 0 Å². The van der Waals surface area contributed by atoms with Crippen LogP contribution in [0.3, 0.4) is 0 Å². The molecule has 1 heterocycles. The first kappa shape index (κ1) is 13.6. The molecule has 0 fully saturated rings. The lowest BCUT2D eigenvalue weighted by Crippen LogP contribution is -2.11. The van der Waals surface area contributed by atoms with Gasteiger partial charge < -0.3 is 5.32 Å². The van der Waals surface area contributed by atoms with Crippen molar-refractivity contribution < 1.29 is 0 Å². The zero-order valence-corrected chi connectivity index (χ0v) is 13.3. The molecule has 1 aromatic heterocycles. The Balaban J connectivity index is 1.86. The number of benzene rings is 1. The Kier molecular flexibility index (Phi) is 3.79. The number of fused-ring (bicyclic) bond motifs is 1. The first-order valence-electron chi connectivity index (χ1n) is 7.46. The number of anilines is 1. The minimum Gasteiger partial charge on any atom is -0.377 e. The fourth-order valence-electron chi connectivity index (χ4n) is 3.16. The van der Waals surface area contributed by atoms with E-state index in [-0.39, 0.29) is 0 Å². The van der Waals surface area contributed by atoms with Crippen LogP contribution in [0.25, 0.3) is 0 Å². The van der Waals surface area contributed by atoms with Crippen molar-refractivity contribution in [2.24, 2.45) is 0 Å². The van der Waals surface area contributed by atoms with E-state index in [0.717, 1.165) is 10.7 Å². The number of thiazole rings is 1. The topological polar surface area (TPSA) is 24.9 Å². The average molecular weight is 286 g/mol. The number of aryl methyl sites for hydroxylation is 3. The van der Waals surface area contributed by atoms with E-state index in [1.807, 2.05) is 0 Å². The molecule has 3 rings (SSSR count). The Bertz CT molecular complexity index is 615. The number of rotatable bonds is 3. The molecule has 3 heteroatoms. The van der Waals surface area contributed by atoms with Crippen LogP contribution in [-0.4, -0.2) is 4.98 Å². The summed E-state index contributed by atoms with van der Waals surface area (Å²) in [4.78, 5) is 5.90. The second-order valence-corrected chi connectivity index (χ2v) is 6.93. The van der Waals surface area contributed by atoms with Gasteiger partial charge in [0, 0.05) is 10.6 Å². The van der Waals surface area contributed by atoms with E-state index in [9.17, 15) is 0 Å². The standard InChI is InChI=1S/C17H22N2S/c1-11-17(20-13(3)18-11)12(2)19-16-10-6-8-14-7-4-5-9-15(14)16/h6,8,10,12,19H,4-5,7,9H2,1-3H3. The number of nitrogens with one attached hydrogen (secondary N) is 1. The molecule has 2 nitrogen and oxygen atoms in total. The van der Waals surface area contributed by atoms with Crippen LogP contribution in [0.15, 0.2) is 18.2 Å². The molecule has 106 valence electrons. The van der Waals surface area contributed by atoms with Crippen LogP contribution >= 0.6 is 11.3 Å². The van der Waals surface area contributed by atoms with Gasteiger partial charge in [-0.05, 0) is 63.6 Å². The highest BCUT2D eigenvalue weighted by atomic mass is 32.1. The highest BCUT2D eigenvalue weighted by molar-refractivity contribution is 7.11. The van der Waals surface area contributed by atoms with Crippen molar-refractivity contribution >= 4 is 17.0 Å².